The van der Waals surface area contributed by atoms with Gasteiger partial charge in [0.05, 0.1) is 5.02 Å². The van der Waals surface area contributed by atoms with Crippen LogP contribution in [0.15, 0.2) is 24.4 Å². The Hall–Kier alpha value is -2.15. The summed E-state index contributed by atoms with van der Waals surface area (Å²) in [5.74, 6) is -3.40. The molecule has 0 unspecified atom stereocenters. The number of carbonyl (C=O) groups excluding carboxylic acids is 1. The van der Waals surface area contributed by atoms with Crippen molar-refractivity contribution in [2.24, 2.45) is 5.73 Å². The number of benzene rings is 1. The number of alkyl halides is 2. The summed E-state index contributed by atoms with van der Waals surface area (Å²) in [5.41, 5.74) is 3.57. The predicted molar refractivity (Wildman–Crippen MR) is 68.1 cm³/mol. The summed E-state index contributed by atoms with van der Waals surface area (Å²) in [5, 5.41) is -0.439. The highest BCUT2D eigenvalue weighted by Gasteiger charge is 2.23. The first-order valence-electron chi connectivity index (χ1n) is 5.54. The number of nitrogens with two attached hydrogens (primary N) is 1. The zero-order chi connectivity index (χ0) is 15.7. The van der Waals surface area contributed by atoms with Crippen molar-refractivity contribution in [1.82, 2.24) is 4.98 Å². The van der Waals surface area contributed by atoms with Gasteiger partial charge in [-0.1, -0.05) is 17.7 Å². The molecule has 0 saturated heterocycles. The van der Waals surface area contributed by atoms with Crippen molar-refractivity contribution in [3.05, 3.63) is 52.3 Å². The third-order valence-electron chi connectivity index (χ3n) is 2.73. The molecule has 0 fully saturated rings. The normalized spacial score (nSPS) is 11.0. The highest BCUT2D eigenvalue weighted by Crippen LogP contribution is 2.38. The van der Waals surface area contributed by atoms with Gasteiger partial charge >= 0.3 is 0 Å². The van der Waals surface area contributed by atoms with Crippen LogP contribution in [-0.2, 0) is 0 Å². The van der Waals surface area contributed by atoms with E-state index in [9.17, 15) is 22.4 Å². The Morgan fingerprint density at radius 3 is 2.43 bits per heavy atom. The predicted octanol–water partition coefficient (Wildman–Crippen LogP) is 3.72. The summed E-state index contributed by atoms with van der Waals surface area (Å²) >= 11 is 5.87. The molecule has 0 aliphatic rings. The Balaban J connectivity index is 2.77. The second-order valence-electron chi connectivity index (χ2n) is 4.04. The van der Waals surface area contributed by atoms with E-state index in [4.69, 9.17) is 17.3 Å². The number of carbonyl (C=O) groups is 1. The fourth-order valence-corrected chi connectivity index (χ4v) is 2.14. The van der Waals surface area contributed by atoms with Gasteiger partial charge in [0.1, 0.15) is 5.69 Å². The molecule has 2 aromatic rings. The molecule has 0 radical (unpaired) electrons. The Morgan fingerprint density at radius 1 is 1.24 bits per heavy atom. The van der Waals surface area contributed by atoms with Gasteiger partial charge in [-0.3, -0.25) is 4.79 Å². The molecule has 0 aliphatic carbocycles. The quantitative estimate of drug-likeness (QED) is 0.877. The third-order valence-corrected chi connectivity index (χ3v) is 3.09. The summed E-state index contributed by atoms with van der Waals surface area (Å²) in [7, 11) is 0. The molecule has 1 aromatic heterocycles. The van der Waals surface area contributed by atoms with E-state index < -0.39 is 40.2 Å². The second-order valence-corrected chi connectivity index (χ2v) is 4.42. The zero-order valence-electron chi connectivity index (χ0n) is 10.2. The zero-order valence-corrected chi connectivity index (χ0v) is 11.0. The largest absolute Gasteiger partial charge is 0.364 e. The van der Waals surface area contributed by atoms with Crippen LogP contribution >= 0.6 is 11.6 Å². The monoisotopic (exact) mass is 318 g/mol. The number of primary amides is 1. The number of rotatable bonds is 3. The van der Waals surface area contributed by atoms with Crippen molar-refractivity contribution in [2.75, 3.05) is 0 Å². The average Bonchev–Trinajstić information content (AvgIpc) is 2.41. The van der Waals surface area contributed by atoms with Gasteiger partial charge in [-0.05, 0) is 17.7 Å². The van der Waals surface area contributed by atoms with Crippen LogP contribution in [0.5, 0.6) is 0 Å². The van der Waals surface area contributed by atoms with Crippen LogP contribution in [0.1, 0.15) is 22.5 Å². The molecule has 8 heteroatoms. The van der Waals surface area contributed by atoms with Gasteiger partial charge in [-0.25, -0.2) is 22.5 Å². The smallest absolute Gasteiger partial charge is 0.268 e. The van der Waals surface area contributed by atoms with Crippen LogP contribution in [0.3, 0.4) is 0 Å². The van der Waals surface area contributed by atoms with Crippen LogP contribution in [0.25, 0.3) is 11.1 Å². The topological polar surface area (TPSA) is 56.0 Å². The molecule has 3 nitrogen and oxygen atoms in total. The lowest BCUT2D eigenvalue weighted by molar-refractivity contribution is 0.0995. The standard InChI is InChI=1S/C13H7ClF4N2O/c14-10-9(5-1-2-7(15)8(16)3-5)6(12(17)18)4-20-11(10)13(19)21/h1-4,12H,(H2,19,21). The lowest BCUT2D eigenvalue weighted by Gasteiger charge is -2.13. The Labute approximate surface area is 121 Å². The van der Waals surface area contributed by atoms with Gasteiger partial charge < -0.3 is 5.73 Å². The highest BCUT2D eigenvalue weighted by atomic mass is 35.5. The second kappa shape index (κ2) is 5.69. The average molecular weight is 319 g/mol. The minimum atomic E-state index is -2.97. The van der Waals surface area contributed by atoms with Gasteiger partial charge in [0.2, 0.25) is 0 Å². The van der Waals surface area contributed by atoms with Crippen molar-refractivity contribution < 1.29 is 22.4 Å². The van der Waals surface area contributed by atoms with E-state index in [0.29, 0.717) is 6.07 Å². The molecule has 1 heterocycles. The van der Waals surface area contributed by atoms with Crippen molar-refractivity contribution in [2.45, 2.75) is 6.43 Å². The highest BCUT2D eigenvalue weighted by molar-refractivity contribution is 6.36. The van der Waals surface area contributed by atoms with Gasteiger partial charge in [-0.2, -0.15) is 0 Å². The van der Waals surface area contributed by atoms with Gasteiger partial charge in [0, 0.05) is 17.3 Å². The minimum absolute atomic E-state index is 0.112. The molecule has 0 saturated carbocycles. The molecule has 0 bridgehead atoms. The molecule has 0 aliphatic heterocycles. The summed E-state index contributed by atoms with van der Waals surface area (Å²) < 4.78 is 52.3. The molecule has 1 aromatic carbocycles. The van der Waals surface area contributed by atoms with Crippen LogP contribution in [0, 0.1) is 11.6 Å². The van der Waals surface area contributed by atoms with Gasteiger partial charge in [0.25, 0.3) is 12.3 Å². The molecule has 2 rings (SSSR count). The van der Waals surface area contributed by atoms with E-state index in [-0.39, 0.29) is 11.1 Å². The van der Waals surface area contributed by atoms with Crippen molar-refractivity contribution in [3.8, 4) is 11.1 Å². The van der Waals surface area contributed by atoms with Crippen LogP contribution < -0.4 is 5.73 Å². The van der Waals surface area contributed by atoms with Gasteiger partial charge in [0.15, 0.2) is 11.6 Å². The van der Waals surface area contributed by atoms with Crippen molar-refractivity contribution >= 4 is 17.5 Å². The lowest BCUT2D eigenvalue weighted by Crippen LogP contribution is -2.15. The third kappa shape index (κ3) is 2.82. The SMILES string of the molecule is NC(=O)c1ncc(C(F)F)c(-c2ccc(F)c(F)c2)c1Cl. The van der Waals surface area contributed by atoms with E-state index in [2.05, 4.69) is 4.98 Å². The lowest BCUT2D eigenvalue weighted by atomic mass is 10.00. The number of aromatic nitrogens is 1. The summed E-state index contributed by atoms with van der Waals surface area (Å²) in [4.78, 5) is 14.6. The van der Waals surface area contributed by atoms with E-state index in [1.54, 1.807) is 0 Å². The molecule has 0 spiro atoms. The molecule has 110 valence electrons. The first-order valence-corrected chi connectivity index (χ1v) is 5.92. The Morgan fingerprint density at radius 2 is 1.90 bits per heavy atom. The first-order chi connectivity index (χ1) is 9.82. The minimum Gasteiger partial charge on any atom is -0.364 e. The number of halogens is 5. The Bertz CT molecular complexity index is 722. The number of hydrogen-bond donors (Lipinski definition) is 1. The van der Waals surface area contributed by atoms with Crippen LogP contribution in [0.4, 0.5) is 17.6 Å². The number of nitrogens with zero attached hydrogens (tertiary/aromatic N) is 1. The number of hydrogen-bond acceptors (Lipinski definition) is 2. The first kappa shape index (κ1) is 15.2. The molecule has 1 amide bonds. The maximum Gasteiger partial charge on any atom is 0.268 e. The molecular formula is C13H7ClF4N2O. The van der Waals surface area contributed by atoms with Crippen LogP contribution in [0.2, 0.25) is 5.02 Å². The van der Waals surface area contributed by atoms with Crippen LogP contribution in [-0.4, -0.2) is 10.9 Å². The van der Waals surface area contributed by atoms with E-state index in [1.165, 1.54) is 0 Å². The maximum absolute atomic E-state index is 13.3. The van der Waals surface area contributed by atoms with Crippen molar-refractivity contribution in [3.63, 3.8) is 0 Å². The molecule has 21 heavy (non-hydrogen) atoms. The van der Waals surface area contributed by atoms with Gasteiger partial charge in [-0.15, -0.1) is 0 Å². The molecule has 0 atom stereocenters. The number of amides is 1. The summed E-state index contributed by atoms with van der Waals surface area (Å²) in [6, 6.07) is 2.53. The number of pyridine rings is 1. The van der Waals surface area contributed by atoms with Crippen molar-refractivity contribution in [1.29, 1.82) is 0 Å². The molecular weight excluding hydrogens is 312 g/mol. The summed E-state index contributed by atoms with van der Waals surface area (Å²) in [6.45, 7) is 0. The maximum atomic E-state index is 13.3. The molecule has 2 N–H and O–H groups in total. The fraction of sp³-hybridized carbons (Fsp3) is 0.0769. The van der Waals surface area contributed by atoms with E-state index in [1.807, 2.05) is 0 Å². The Kier molecular flexibility index (Phi) is 4.13. The van der Waals surface area contributed by atoms with E-state index >= 15 is 0 Å². The summed E-state index contributed by atoms with van der Waals surface area (Å²) in [6.07, 6.45) is -2.24. The van der Waals surface area contributed by atoms with E-state index in [0.717, 1.165) is 18.3 Å². The fourth-order valence-electron chi connectivity index (χ4n) is 1.78.